The summed E-state index contributed by atoms with van der Waals surface area (Å²) >= 11 is 0. The van der Waals surface area contributed by atoms with Gasteiger partial charge in [0.25, 0.3) is 0 Å². The van der Waals surface area contributed by atoms with E-state index in [-0.39, 0.29) is 11.9 Å². The molecule has 1 unspecified atom stereocenters. The molecular formula is C22H27N3O2. The van der Waals surface area contributed by atoms with Crippen molar-refractivity contribution in [2.24, 2.45) is 0 Å². The highest BCUT2D eigenvalue weighted by molar-refractivity contribution is 5.73. The number of rotatable bonds is 3. The maximum Gasteiger partial charge on any atom is 0.219 e. The molecule has 1 heterocycles. The Balaban J connectivity index is 1.48. The SMILES string of the molecule is CC(=O)N1CCN(c2cccc(NC3CCCc4ccc(O)cc43)c2)CC1. The molecule has 0 saturated carbocycles. The second-order valence-corrected chi connectivity index (χ2v) is 7.52. The molecule has 1 fully saturated rings. The molecule has 1 amide bonds. The highest BCUT2D eigenvalue weighted by Gasteiger charge is 2.22. The molecule has 27 heavy (non-hydrogen) atoms. The first kappa shape index (κ1) is 17.7. The van der Waals surface area contributed by atoms with Gasteiger partial charge in [-0.15, -0.1) is 0 Å². The van der Waals surface area contributed by atoms with E-state index in [1.807, 2.05) is 17.0 Å². The van der Waals surface area contributed by atoms with Crippen molar-refractivity contribution in [1.29, 1.82) is 0 Å². The summed E-state index contributed by atoms with van der Waals surface area (Å²) in [7, 11) is 0. The van der Waals surface area contributed by atoms with Crippen LogP contribution in [0.5, 0.6) is 5.75 Å². The number of fused-ring (bicyclic) bond motifs is 1. The number of nitrogens with one attached hydrogen (secondary N) is 1. The van der Waals surface area contributed by atoms with Gasteiger partial charge in [0.15, 0.2) is 0 Å². The Morgan fingerprint density at radius 2 is 1.93 bits per heavy atom. The van der Waals surface area contributed by atoms with Crippen LogP contribution in [0.4, 0.5) is 11.4 Å². The summed E-state index contributed by atoms with van der Waals surface area (Å²) < 4.78 is 0. The van der Waals surface area contributed by atoms with Crippen LogP contribution in [0.3, 0.4) is 0 Å². The average Bonchev–Trinajstić information content (AvgIpc) is 2.69. The molecule has 0 spiro atoms. The molecule has 5 heteroatoms. The van der Waals surface area contributed by atoms with Gasteiger partial charge in [0.1, 0.15) is 5.75 Å². The summed E-state index contributed by atoms with van der Waals surface area (Å²) in [6, 6.07) is 14.5. The van der Waals surface area contributed by atoms with Crippen molar-refractivity contribution in [3.63, 3.8) is 0 Å². The maximum atomic E-state index is 11.5. The monoisotopic (exact) mass is 365 g/mol. The predicted molar refractivity (Wildman–Crippen MR) is 108 cm³/mol. The van der Waals surface area contributed by atoms with Gasteiger partial charge in [-0.05, 0) is 60.7 Å². The number of phenolic OH excluding ortho intramolecular Hbond substituents is 1. The van der Waals surface area contributed by atoms with Gasteiger partial charge in [-0.3, -0.25) is 4.79 Å². The zero-order chi connectivity index (χ0) is 18.8. The largest absolute Gasteiger partial charge is 0.508 e. The third kappa shape index (κ3) is 3.87. The topological polar surface area (TPSA) is 55.8 Å². The fourth-order valence-corrected chi connectivity index (χ4v) is 4.21. The van der Waals surface area contributed by atoms with Gasteiger partial charge in [-0.25, -0.2) is 0 Å². The van der Waals surface area contributed by atoms with Gasteiger partial charge >= 0.3 is 0 Å². The minimum absolute atomic E-state index is 0.157. The summed E-state index contributed by atoms with van der Waals surface area (Å²) in [6.45, 7) is 4.93. The molecule has 1 aliphatic carbocycles. The third-order valence-electron chi connectivity index (χ3n) is 5.72. The van der Waals surface area contributed by atoms with E-state index < -0.39 is 0 Å². The minimum atomic E-state index is 0.157. The van der Waals surface area contributed by atoms with Gasteiger partial charge in [-0.1, -0.05) is 12.1 Å². The predicted octanol–water partition coefficient (Wildman–Crippen LogP) is 3.55. The van der Waals surface area contributed by atoms with Gasteiger partial charge in [0, 0.05) is 44.5 Å². The number of aryl methyl sites for hydroxylation is 1. The van der Waals surface area contributed by atoms with Crippen LogP contribution in [0.15, 0.2) is 42.5 Å². The molecule has 0 aromatic heterocycles. The molecular weight excluding hydrogens is 338 g/mol. The first-order valence-electron chi connectivity index (χ1n) is 9.79. The molecule has 142 valence electrons. The van der Waals surface area contributed by atoms with Gasteiger partial charge in [-0.2, -0.15) is 0 Å². The quantitative estimate of drug-likeness (QED) is 0.873. The highest BCUT2D eigenvalue weighted by atomic mass is 16.3. The Morgan fingerprint density at radius 1 is 1.11 bits per heavy atom. The summed E-state index contributed by atoms with van der Waals surface area (Å²) in [5.41, 5.74) is 4.83. The number of hydrogen-bond donors (Lipinski definition) is 2. The molecule has 1 aliphatic heterocycles. The van der Waals surface area contributed by atoms with E-state index in [9.17, 15) is 9.90 Å². The van der Waals surface area contributed by atoms with E-state index in [2.05, 4.69) is 34.5 Å². The first-order chi connectivity index (χ1) is 13.1. The Morgan fingerprint density at radius 3 is 2.70 bits per heavy atom. The van der Waals surface area contributed by atoms with Gasteiger partial charge in [0.2, 0.25) is 5.91 Å². The van der Waals surface area contributed by atoms with Crippen molar-refractivity contribution in [1.82, 2.24) is 4.90 Å². The van der Waals surface area contributed by atoms with Crippen LogP contribution >= 0.6 is 0 Å². The number of phenols is 1. The van der Waals surface area contributed by atoms with Gasteiger partial charge in [0.05, 0.1) is 6.04 Å². The number of anilines is 2. The molecule has 2 aliphatic rings. The number of carbonyl (C=O) groups excluding carboxylic acids is 1. The van der Waals surface area contributed by atoms with Gasteiger partial charge < -0.3 is 20.2 Å². The number of aromatic hydroxyl groups is 1. The minimum Gasteiger partial charge on any atom is -0.508 e. The number of benzene rings is 2. The van der Waals surface area contributed by atoms with Crippen molar-refractivity contribution in [3.8, 4) is 5.75 Å². The van der Waals surface area contributed by atoms with Crippen LogP contribution in [-0.4, -0.2) is 42.1 Å². The third-order valence-corrected chi connectivity index (χ3v) is 5.72. The lowest BCUT2D eigenvalue weighted by Gasteiger charge is -2.36. The number of piperazine rings is 1. The van der Waals surface area contributed by atoms with E-state index in [0.29, 0.717) is 5.75 Å². The van der Waals surface area contributed by atoms with Crippen LogP contribution in [0.2, 0.25) is 0 Å². The molecule has 1 atom stereocenters. The summed E-state index contributed by atoms with van der Waals surface area (Å²) in [4.78, 5) is 15.8. The van der Waals surface area contributed by atoms with Crippen LogP contribution < -0.4 is 10.2 Å². The molecule has 1 saturated heterocycles. The Kier molecular flexibility index (Phi) is 4.92. The number of hydrogen-bond acceptors (Lipinski definition) is 4. The van der Waals surface area contributed by atoms with Crippen LogP contribution in [0.25, 0.3) is 0 Å². The smallest absolute Gasteiger partial charge is 0.219 e. The second kappa shape index (κ2) is 7.51. The Labute approximate surface area is 160 Å². The molecule has 2 aromatic carbocycles. The zero-order valence-corrected chi connectivity index (χ0v) is 15.8. The maximum absolute atomic E-state index is 11.5. The molecule has 5 nitrogen and oxygen atoms in total. The fraction of sp³-hybridized carbons (Fsp3) is 0.409. The highest BCUT2D eigenvalue weighted by Crippen LogP contribution is 2.35. The van der Waals surface area contributed by atoms with E-state index in [0.717, 1.165) is 51.1 Å². The van der Waals surface area contributed by atoms with Crippen molar-refractivity contribution >= 4 is 17.3 Å². The Hall–Kier alpha value is -2.69. The summed E-state index contributed by atoms with van der Waals surface area (Å²) in [5.74, 6) is 0.490. The molecule has 0 radical (unpaired) electrons. The van der Waals surface area contributed by atoms with Crippen LogP contribution in [0, 0.1) is 0 Å². The lowest BCUT2D eigenvalue weighted by Crippen LogP contribution is -2.48. The normalized spacial score (nSPS) is 19.5. The van der Waals surface area contributed by atoms with Crippen molar-refractivity contribution in [3.05, 3.63) is 53.6 Å². The second-order valence-electron chi connectivity index (χ2n) is 7.52. The number of carbonyl (C=O) groups is 1. The van der Waals surface area contributed by atoms with Crippen LogP contribution in [0.1, 0.15) is 36.9 Å². The van der Waals surface area contributed by atoms with Crippen LogP contribution in [-0.2, 0) is 11.2 Å². The Bertz CT molecular complexity index is 828. The summed E-state index contributed by atoms with van der Waals surface area (Å²) in [5, 5.41) is 13.6. The lowest BCUT2D eigenvalue weighted by atomic mass is 9.87. The first-order valence-corrected chi connectivity index (χ1v) is 9.79. The van der Waals surface area contributed by atoms with E-state index in [1.54, 1.807) is 13.0 Å². The standard InChI is InChI=1S/C22H27N3O2/c1-16(26)24-10-12-25(13-11-24)19-6-3-5-18(14-19)23-22-7-2-4-17-8-9-20(27)15-21(17)22/h3,5-6,8-9,14-15,22-23,27H,2,4,7,10-13H2,1H3. The average molecular weight is 365 g/mol. The number of amides is 1. The molecule has 4 rings (SSSR count). The molecule has 2 N–H and O–H groups in total. The van der Waals surface area contributed by atoms with E-state index in [4.69, 9.17) is 0 Å². The fourth-order valence-electron chi connectivity index (χ4n) is 4.21. The molecule has 0 bridgehead atoms. The van der Waals surface area contributed by atoms with Crippen molar-refractivity contribution < 1.29 is 9.90 Å². The number of nitrogens with zero attached hydrogens (tertiary/aromatic N) is 2. The molecule has 2 aromatic rings. The summed E-state index contributed by atoms with van der Waals surface area (Å²) in [6.07, 6.45) is 3.30. The van der Waals surface area contributed by atoms with Crippen molar-refractivity contribution in [2.75, 3.05) is 36.4 Å². The van der Waals surface area contributed by atoms with Crippen molar-refractivity contribution in [2.45, 2.75) is 32.2 Å². The van der Waals surface area contributed by atoms with E-state index >= 15 is 0 Å². The zero-order valence-electron chi connectivity index (χ0n) is 15.8. The van der Waals surface area contributed by atoms with E-state index in [1.165, 1.54) is 16.8 Å². The lowest BCUT2D eigenvalue weighted by molar-refractivity contribution is -0.129.